The number of benzene rings is 3. The number of carbonyl (C=O) groups excluding carboxylic acids is 2. The summed E-state index contributed by atoms with van der Waals surface area (Å²) in [4.78, 5) is 40.7. The van der Waals surface area contributed by atoms with E-state index < -0.39 is 33.2 Å². The van der Waals surface area contributed by atoms with Crippen molar-refractivity contribution in [2.24, 2.45) is 0 Å². The Labute approximate surface area is 244 Å². The summed E-state index contributed by atoms with van der Waals surface area (Å²) in [6, 6.07) is 14.8. The van der Waals surface area contributed by atoms with E-state index in [0.717, 1.165) is 22.9 Å². The van der Waals surface area contributed by atoms with E-state index in [1.54, 1.807) is 54.3 Å². The summed E-state index contributed by atoms with van der Waals surface area (Å²) in [5, 5.41) is 22.8. The number of amides is 2. The highest BCUT2D eigenvalue weighted by molar-refractivity contribution is 7.90. The van der Waals surface area contributed by atoms with Gasteiger partial charge in [-0.3, -0.25) is 9.59 Å². The first-order valence-corrected chi connectivity index (χ1v) is 15.4. The highest BCUT2D eigenvalue weighted by Gasteiger charge is 2.62. The lowest BCUT2D eigenvalue weighted by molar-refractivity contribution is -0.140. The van der Waals surface area contributed by atoms with Crippen molar-refractivity contribution < 1.29 is 33.0 Å². The topological polar surface area (TPSA) is 141 Å². The molecule has 0 radical (unpaired) electrons. The number of carbonyl (C=O) groups is 3. The molecule has 2 amide bonds. The fourth-order valence-corrected chi connectivity index (χ4v) is 6.56. The molecule has 0 saturated heterocycles. The minimum atomic E-state index is -3.48. The molecule has 1 heterocycles. The Morgan fingerprint density at radius 1 is 1.07 bits per heavy atom. The molecule has 42 heavy (non-hydrogen) atoms. The number of para-hydroxylation sites is 1. The third-order valence-electron chi connectivity index (χ3n) is 8.24. The van der Waals surface area contributed by atoms with Crippen LogP contribution in [0.4, 0.5) is 0 Å². The number of nitrogens with one attached hydrogen (secondary N) is 1. The maximum absolute atomic E-state index is 13.6. The molecule has 0 spiro atoms. The smallest absolute Gasteiger partial charge is 0.330 e. The number of rotatable bonds is 7. The van der Waals surface area contributed by atoms with Gasteiger partial charge in [-0.15, -0.1) is 0 Å². The predicted octanol–water partition coefficient (Wildman–Crippen LogP) is 3.75. The molecule has 2 atom stereocenters. The number of aromatic hydroxyl groups is 1. The van der Waals surface area contributed by atoms with Crippen LogP contribution in [0.15, 0.2) is 65.6 Å². The summed E-state index contributed by atoms with van der Waals surface area (Å²) in [5.74, 6) is -2.34. The van der Waals surface area contributed by atoms with Gasteiger partial charge in [-0.05, 0) is 78.8 Å². The van der Waals surface area contributed by atoms with Gasteiger partial charge in [-0.1, -0.05) is 36.4 Å². The molecule has 0 bridgehead atoms. The lowest BCUT2D eigenvalue weighted by Crippen LogP contribution is -2.45. The van der Waals surface area contributed by atoms with Gasteiger partial charge in [-0.25, -0.2) is 13.2 Å². The van der Waals surface area contributed by atoms with Gasteiger partial charge in [-0.2, -0.15) is 0 Å². The first-order chi connectivity index (χ1) is 19.8. The van der Waals surface area contributed by atoms with Crippen molar-refractivity contribution in [3.8, 4) is 5.75 Å². The van der Waals surface area contributed by atoms with Crippen molar-refractivity contribution in [2.45, 2.75) is 49.6 Å². The molecule has 1 aliphatic carbocycles. The molecule has 1 aliphatic heterocycles. The largest absolute Gasteiger partial charge is 0.507 e. The molecule has 9 nitrogen and oxygen atoms in total. The van der Waals surface area contributed by atoms with E-state index in [1.807, 2.05) is 13.0 Å². The highest BCUT2D eigenvalue weighted by atomic mass is 32.2. The quantitative estimate of drug-likeness (QED) is 0.357. The van der Waals surface area contributed by atoms with Crippen LogP contribution in [-0.4, -0.2) is 59.7 Å². The van der Waals surface area contributed by atoms with Gasteiger partial charge < -0.3 is 20.4 Å². The molecule has 5 rings (SSSR count). The number of hydrogen-bond acceptors (Lipinski definition) is 6. The monoisotopic (exact) mass is 588 g/mol. The van der Waals surface area contributed by atoms with Crippen LogP contribution in [0, 0.1) is 13.8 Å². The standard InChI is InChI=1S/C32H32N2O7S/c1-19-15-23-18-34(28(36)12-11-21-7-4-5-10-27(21)35)14-13-25(23)20(2)29(19)30(37)33-32(31(38)39)17-26(32)22-8-6-9-24(16-22)42(3,40)41/h4-12,15-16,26,35H,13-14,17-18H2,1-3H3,(H,33,37)(H,38,39)/b12-11+/t26?,32-/m1/s1. The summed E-state index contributed by atoms with van der Waals surface area (Å²) >= 11 is 0. The molecular weight excluding hydrogens is 556 g/mol. The van der Waals surface area contributed by atoms with E-state index >= 15 is 0 Å². The zero-order chi connectivity index (χ0) is 30.4. The van der Waals surface area contributed by atoms with Gasteiger partial charge in [0, 0.05) is 42.5 Å². The van der Waals surface area contributed by atoms with Gasteiger partial charge in [0.05, 0.1) is 4.90 Å². The van der Waals surface area contributed by atoms with Crippen LogP contribution in [0.3, 0.4) is 0 Å². The first kappa shape index (κ1) is 29.1. The molecule has 10 heteroatoms. The zero-order valence-corrected chi connectivity index (χ0v) is 24.4. The Hall–Kier alpha value is -4.44. The Morgan fingerprint density at radius 2 is 1.81 bits per heavy atom. The third kappa shape index (κ3) is 5.42. The first-order valence-electron chi connectivity index (χ1n) is 13.5. The van der Waals surface area contributed by atoms with Crippen molar-refractivity contribution in [1.82, 2.24) is 10.2 Å². The lowest BCUT2D eigenvalue weighted by Gasteiger charge is -2.30. The number of phenols is 1. The Balaban J connectivity index is 1.35. The average Bonchev–Trinajstić information content (AvgIpc) is 3.67. The molecule has 1 fully saturated rings. The molecular formula is C32H32N2O7S. The van der Waals surface area contributed by atoms with Crippen LogP contribution < -0.4 is 5.32 Å². The number of aryl methyl sites for hydroxylation is 1. The third-order valence-corrected chi connectivity index (χ3v) is 9.35. The van der Waals surface area contributed by atoms with Gasteiger partial charge in [0.2, 0.25) is 5.91 Å². The highest BCUT2D eigenvalue weighted by Crippen LogP contribution is 2.52. The van der Waals surface area contributed by atoms with Gasteiger partial charge in [0.25, 0.3) is 5.91 Å². The Bertz CT molecular complexity index is 1760. The number of sulfone groups is 1. The number of aliphatic carboxylic acids is 1. The number of carboxylic acids is 1. The molecule has 218 valence electrons. The molecule has 3 N–H and O–H groups in total. The second-order valence-electron chi connectivity index (χ2n) is 11.1. The summed E-state index contributed by atoms with van der Waals surface area (Å²) in [7, 11) is -3.48. The number of fused-ring (bicyclic) bond motifs is 1. The molecule has 3 aromatic rings. The molecule has 1 saturated carbocycles. The van der Waals surface area contributed by atoms with E-state index in [4.69, 9.17) is 0 Å². The molecule has 0 aromatic heterocycles. The van der Waals surface area contributed by atoms with Crippen LogP contribution in [0.25, 0.3) is 6.08 Å². The minimum Gasteiger partial charge on any atom is -0.507 e. The van der Waals surface area contributed by atoms with Gasteiger partial charge in [0.15, 0.2) is 9.84 Å². The zero-order valence-electron chi connectivity index (χ0n) is 23.5. The summed E-state index contributed by atoms with van der Waals surface area (Å²) in [6.45, 7) is 4.43. The van der Waals surface area contributed by atoms with E-state index in [0.29, 0.717) is 41.8 Å². The predicted molar refractivity (Wildman–Crippen MR) is 157 cm³/mol. The number of carboxylic acid groups (broad SMARTS) is 1. The maximum atomic E-state index is 13.6. The van der Waals surface area contributed by atoms with E-state index in [9.17, 15) is 33.0 Å². The number of nitrogens with zero attached hydrogens (tertiary/aromatic N) is 1. The average molecular weight is 589 g/mol. The summed E-state index contributed by atoms with van der Waals surface area (Å²) in [5.41, 5.74) is 3.25. The maximum Gasteiger partial charge on any atom is 0.330 e. The van der Waals surface area contributed by atoms with Crippen LogP contribution in [0.1, 0.15) is 56.1 Å². The van der Waals surface area contributed by atoms with Crippen molar-refractivity contribution in [3.05, 3.63) is 99.6 Å². The fourth-order valence-electron chi connectivity index (χ4n) is 5.88. The summed E-state index contributed by atoms with van der Waals surface area (Å²) in [6.07, 6.45) is 4.79. The van der Waals surface area contributed by atoms with Gasteiger partial charge in [0.1, 0.15) is 11.3 Å². The second-order valence-corrected chi connectivity index (χ2v) is 13.1. The van der Waals surface area contributed by atoms with Crippen LogP contribution >= 0.6 is 0 Å². The second kappa shape index (κ2) is 10.8. The SMILES string of the molecule is Cc1cc2c(c(C)c1C(=O)N[C@]1(C(=O)O)CC1c1cccc(S(C)(=O)=O)c1)CCN(C(=O)/C=C/c1ccccc1O)C2. The number of hydrogen-bond donors (Lipinski definition) is 3. The van der Waals surface area contributed by atoms with Crippen LogP contribution in [-0.2, 0) is 32.4 Å². The molecule has 3 aromatic carbocycles. The van der Waals surface area contributed by atoms with Crippen molar-refractivity contribution in [2.75, 3.05) is 12.8 Å². The van der Waals surface area contributed by atoms with Gasteiger partial charge >= 0.3 is 5.97 Å². The van der Waals surface area contributed by atoms with Crippen molar-refractivity contribution in [3.63, 3.8) is 0 Å². The number of phenolic OH excluding ortho intramolecular Hbond substituents is 1. The minimum absolute atomic E-state index is 0.0900. The normalized spacial score (nSPS) is 19.8. The van der Waals surface area contributed by atoms with Crippen LogP contribution in [0.2, 0.25) is 0 Å². The van der Waals surface area contributed by atoms with Crippen LogP contribution in [0.5, 0.6) is 5.75 Å². The Kier molecular flexibility index (Phi) is 7.44. The molecule has 1 unspecified atom stereocenters. The lowest BCUT2D eigenvalue weighted by atomic mass is 9.88. The molecule has 2 aliphatic rings. The summed E-state index contributed by atoms with van der Waals surface area (Å²) < 4.78 is 24.0. The fraction of sp³-hybridized carbons (Fsp3) is 0.281. The van der Waals surface area contributed by atoms with Crippen molar-refractivity contribution in [1.29, 1.82) is 0 Å². The van der Waals surface area contributed by atoms with E-state index in [2.05, 4.69) is 5.32 Å². The van der Waals surface area contributed by atoms with Crippen molar-refractivity contribution >= 4 is 33.7 Å². The van der Waals surface area contributed by atoms with E-state index in [-0.39, 0.29) is 23.0 Å². The Morgan fingerprint density at radius 3 is 2.50 bits per heavy atom. The van der Waals surface area contributed by atoms with E-state index in [1.165, 1.54) is 18.2 Å².